The lowest BCUT2D eigenvalue weighted by Gasteiger charge is -2.17. The molecule has 3 heterocycles. The summed E-state index contributed by atoms with van der Waals surface area (Å²) in [5, 5.41) is 8.26. The maximum atomic E-state index is 11.9. The number of benzene rings is 1. The summed E-state index contributed by atoms with van der Waals surface area (Å²) in [5.41, 5.74) is 9.69. The van der Waals surface area contributed by atoms with Crippen molar-refractivity contribution >= 4 is 23.2 Å². The van der Waals surface area contributed by atoms with E-state index in [1.54, 1.807) is 24.4 Å². The van der Waals surface area contributed by atoms with Crippen LogP contribution in [0.1, 0.15) is 22.0 Å². The first-order valence-electron chi connectivity index (χ1n) is 7.09. The molecule has 0 saturated heterocycles. The van der Waals surface area contributed by atoms with Gasteiger partial charge < -0.3 is 5.73 Å². The minimum Gasteiger partial charge on any atom is -0.328 e. The van der Waals surface area contributed by atoms with E-state index in [0.717, 1.165) is 22.5 Å². The minimum atomic E-state index is -0.332. The fraction of sp³-hybridized carbons (Fsp3) is 0.125. The molecule has 0 aliphatic carbocycles. The van der Waals surface area contributed by atoms with Gasteiger partial charge in [0.25, 0.3) is 5.91 Å². The molecule has 1 unspecified atom stereocenters. The van der Waals surface area contributed by atoms with E-state index >= 15 is 0 Å². The highest BCUT2D eigenvalue weighted by molar-refractivity contribution is 6.30. The third-order valence-corrected chi connectivity index (χ3v) is 4.16. The Bertz CT molecular complexity index is 962. The second-order valence-corrected chi connectivity index (χ2v) is 5.73. The van der Waals surface area contributed by atoms with E-state index in [2.05, 4.69) is 15.2 Å². The zero-order valence-electron chi connectivity index (χ0n) is 12.0. The number of carbonyl (C=O) groups excluding carboxylic acids is 1. The van der Waals surface area contributed by atoms with E-state index in [0.29, 0.717) is 17.1 Å². The van der Waals surface area contributed by atoms with Gasteiger partial charge in [0.1, 0.15) is 11.7 Å². The van der Waals surface area contributed by atoms with Crippen LogP contribution in [0.15, 0.2) is 53.0 Å². The molecule has 2 aromatic heterocycles. The third-order valence-electron chi connectivity index (χ3n) is 3.92. The Morgan fingerprint density at radius 2 is 2.13 bits per heavy atom. The molecule has 1 aliphatic rings. The lowest BCUT2D eigenvalue weighted by Crippen LogP contribution is -2.17. The predicted octanol–water partition coefficient (Wildman–Crippen LogP) is 3.26. The molecule has 0 fully saturated rings. The van der Waals surface area contributed by atoms with Crippen molar-refractivity contribution in [1.82, 2.24) is 9.38 Å². The smallest absolute Gasteiger partial charge is 0.295 e. The van der Waals surface area contributed by atoms with Gasteiger partial charge in [-0.2, -0.15) is 5.11 Å². The van der Waals surface area contributed by atoms with Crippen LogP contribution in [-0.4, -0.2) is 21.8 Å². The molecule has 23 heavy (non-hydrogen) atoms. The molecular formula is C16H12ClN5O. The second-order valence-electron chi connectivity index (χ2n) is 5.29. The number of hydrogen-bond acceptors (Lipinski definition) is 4. The predicted molar refractivity (Wildman–Crippen MR) is 86.6 cm³/mol. The van der Waals surface area contributed by atoms with Gasteiger partial charge in [-0.25, -0.2) is 4.98 Å². The zero-order chi connectivity index (χ0) is 16.0. The van der Waals surface area contributed by atoms with Crippen molar-refractivity contribution in [2.24, 2.45) is 16.0 Å². The lowest BCUT2D eigenvalue weighted by atomic mass is 9.95. The van der Waals surface area contributed by atoms with Crippen molar-refractivity contribution in [3.63, 3.8) is 0 Å². The SMILES string of the molecule is NCC1N=NC(=O)c2ccc(-c3cnc4cc(Cl)ccn34)cc21. The van der Waals surface area contributed by atoms with Gasteiger partial charge in [0.05, 0.1) is 11.9 Å². The van der Waals surface area contributed by atoms with Crippen molar-refractivity contribution in [2.75, 3.05) is 6.54 Å². The molecular weight excluding hydrogens is 314 g/mol. The van der Waals surface area contributed by atoms with Gasteiger partial charge in [0, 0.05) is 35.0 Å². The average molecular weight is 326 g/mol. The standard InChI is InChI=1S/C16H12ClN5O/c17-10-3-4-22-14(8-19-15(22)6-10)9-1-2-11-12(5-9)13(7-18)20-21-16(11)23/h1-6,8,13H,7,18H2. The highest BCUT2D eigenvalue weighted by Gasteiger charge is 2.23. The van der Waals surface area contributed by atoms with Crippen molar-refractivity contribution in [3.8, 4) is 11.3 Å². The molecule has 114 valence electrons. The molecule has 0 radical (unpaired) electrons. The fourth-order valence-electron chi connectivity index (χ4n) is 2.77. The molecule has 1 aliphatic heterocycles. The Morgan fingerprint density at radius 1 is 1.26 bits per heavy atom. The second kappa shape index (κ2) is 5.26. The Labute approximate surface area is 136 Å². The molecule has 1 aromatic carbocycles. The first-order chi connectivity index (χ1) is 11.2. The summed E-state index contributed by atoms with van der Waals surface area (Å²) < 4.78 is 1.94. The number of carbonyl (C=O) groups is 1. The number of fused-ring (bicyclic) bond motifs is 2. The fourth-order valence-corrected chi connectivity index (χ4v) is 2.93. The number of hydrogen-bond donors (Lipinski definition) is 1. The van der Waals surface area contributed by atoms with Crippen molar-refractivity contribution in [2.45, 2.75) is 6.04 Å². The van der Waals surface area contributed by atoms with Gasteiger partial charge >= 0.3 is 0 Å². The lowest BCUT2D eigenvalue weighted by molar-refractivity contribution is 0.0985. The van der Waals surface area contributed by atoms with Gasteiger partial charge in [-0.15, -0.1) is 5.11 Å². The van der Waals surface area contributed by atoms with Crippen LogP contribution in [0.4, 0.5) is 0 Å². The highest BCUT2D eigenvalue weighted by Crippen LogP contribution is 2.31. The Morgan fingerprint density at radius 3 is 2.96 bits per heavy atom. The maximum Gasteiger partial charge on any atom is 0.295 e. The van der Waals surface area contributed by atoms with Crippen molar-refractivity contribution in [3.05, 3.63) is 58.9 Å². The minimum absolute atomic E-state index is 0.295. The van der Waals surface area contributed by atoms with Crippen molar-refractivity contribution in [1.29, 1.82) is 0 Å². The summed E-state index contributed by atoms with van der Waals surface area (Å²) >= 11 is 6.00. The summed E-state index contributed by atoms with van der Waals surface area (Å²) in [5.74, 6) is -0.332. The Balaban J connectivity index is 1.88. The van der Waals surface area contributed by atoms with Gasteiger partial charge in [-0.05, 0) is 23.8 Å². The number of imidazole rings is 1. The number of amides is 1. The van der Waals surface area contributed by atoms with Crippen molar-refractivity contribution < 1.29 is 4.79 Å². The monoisotopic (exact) mass is 325 g/mol. The number of rotatable bonds is 2. The number of nitrogens with two attached hydrogens (primary N) is 1. The van der Waals surface area contributed by atoms with Crippen LogP contribution in [0.25, 0.3) is 16.9 Å². The average Bonchev–Trinajstić information content (AvgIpc) is 2.98. The van der Waals surface area contributed by atoms with E-state index in [1.165, 1.54) is 0 Å². The summed E-state index contributed by atoms with van der Waals surface area (Å²) in [7, 11) is 0. The van der Waals surface area contributed by atoms with Gasteiger partial charge in [-0.1, -0.05) is 17.7 Å². The highest BCUT2D eigenvalue weighted by atomic mass is 35.5. The molecule has 1 amide bonds. The summed E-state index contributed by atoms with van der Waals surface area (Å²) in [6.07, 6.45) is 3.64. The van der Waals surface area contributed by atoms with Crippen LogP contribution in [0, 0.1) is 0 Å². The molecule has 3 aromatic rings. The molecule has 6 nitrogen and oxygen atoms in total. The van der Waals surface area contributed by atoms with E-state index in [4.69, 9.17) is 17.3 Å². The molecule has 0 saturated carbocycles. The number of azo groups is 1. The van der Waals surface area contributed by atoms with Gasteiger partial charge in [0.15, 0.2) is 0 Å². The van der Waals surface area contributed by atoms with Gasteiger partial charge in [0.2, 0.25) is 0 Å². The van der Waals surface area contributed by atoms with Crippen LogP contribution in [0.2, 0.25) is 5.02 Å². The topological polar surface area (TPSA) is 85.1 Å². The Kier molecular flexibility index (Phi) is 3.21. The van der Waals surface area contributed by atoms with Crippen LogP contribution in [0.3, 0.4) is 0 Å². The van der Waals surface area contributed by atoms with E-state index in [-0.39, 0.29) is 11.9 Å². The van der Waals surface area contributed by atoms with Crippen LogP contribution < -0.4 is 5.73 Å². The maximum absolute atomic E-state index is 11.9. The molecule has 0 bridgehead atoms. The molecule has 0 spiro atoms. The van der Waals surface area contributed by atoms with E-state index in [9.17, 15) is 4.79 Å². The number of halogens is 1. The summed E-state index contributed by atoms with van der Waals surface area (Å²) in [6, 6.07) is 8.88. The zero-order valence-corrected chi connectivity index (χ0v) is 12.7. The molecule has 7 heteroatoms. The van der Waals surface area contributed by atoms with Crippen LogP contribution in [-0.2, 0) is 0 Å². The van der Waals surface area contributed by atoms with E-state index < -0.39 is 0 Å². The quantitative estimate of drug-likeness (QED) is 0.784. The normalized spacial score (nSPS) is 16.8. The van der Waals surface area contributed by atoms with E-state index in [1.807, 2.05) is 22.7 Å². The molecule has 1 atom stereocenters. The number of aromatic nitrogens is 2. The largest absolute Gasteiger partial charge is 0.328 e. The molecule has 4 rings (SSSR count). The van der Waals surface area contributed by atoms with Crippen LogP contribution in [0.5, 0.6) is 0 Å². The Hall–Kier alpha value is -2.57. The first-order valence-corrected chi connectivity index (χ1v) is 7.47. The number of nitrogens with zero attached hydrogens (tertiary/aromatic N) is 4. The number of pyridine rings is 1. The van der Waals surface area contributed by atoms with Gasteiger partial charge in [-0.3, -0.25) is 9.20 Å². The van der Waals surface area contributed by atoms with Crippen LogP contribution >= 0.6 is 11.6 Å². The summed E-state index contributed by atoms with van der Waals surface area (Å²) in [6.45, 7) is 0.302. The molecule has 2 N–H and O–H groups in total. The third kappa shape index (κ3) is 2.23. The first kappa shape index (κ1) is 14.0. The summed E-state index contributed by atoms with van der Waals surface area (Å²) in [4.78, 5) is 16.2.